The van der Waals surface area contributed by atoms with Gasteiger partial charge in [-0.2, -0.15) is 0 Å². The van der Waals surface area contributed by atoms with Gasteiger partial charge in [0, 0.05) is 5.92 Å². The van der Waals surface area contributed by atoms with E-state index in [0.29, 0.717) is 5.92 Å². The van der Waals surface area contributed by atoms with E-state index in [1.54, 1.807) is 12.1 Å². The summed E-state index contributed by atoms with van der Waals surface area (Å²) in [6.45, 7) is 0. The summed E-state index contributed by atoms with van der Waals surface area (Å²) in [5.74, 6) is 0.193. The van der Waals surface area contributed by atoms with Crippen LogP contribution in [0.25, 0.3) is 21.5 Å². The highest BCUT2D eigenvalue weighted by Gasteiger charge is 2.24. The fourth-order valence-corrected chi connectivity index (χ4v) is 4.46. The predicted molar refractivity (Wildman–Crippen MR) is 103 cm³/mol. The molecule has 0 bridgehead atoms. The Labute approximate surface area is 146 Å². The topological polar surface area (TPSA) is 0 Å². The number of hydrogen-bond acceptors (Lipinski definition) is 0. The standard InChI is InChI=1S/C24H19F/c25-19-12-8-17(9-13-19)21-7-3-5-18-11-14-22-20-6-2-1-4-16(20)10-15-23(22)24(18)21/h1-2,4,6,8-15,21H,3,5,7H2. The number of halogens is 1. The van der Waals surface area contributed by atoms with Crippen molar-refractivity contribution in [2.45, 2.75) is 25.2 Å². The van der Waals surface area contributed by atoms with Crippen LogP contribution < -0.4 is 0 Å². The monoisotopic (exact) mass is 326 g/mol. The van der Waals surface area contributed by atoms with Crippen molar-refractivity contribution >= 4 is 21.5 Å². The maximum Gasteiger partial charge on any atom is 0.123 e. The highest BCUT2D eigenvalue weighted by Crippen LogP contribution is 2.42. The van der Waals surface area contributed by atoms with Crippen LogP contribution in [0.3, 0.4) is 0 Å². The van der Waals surface area contributed by atoms with Gasteiger partial charge in [-0.1, -0.05) is 60.7 Å². The van der Waals surface area contributed by atoms with Crippen molar-refractivity contribution in [2.75, 3.05) is 0 Å². The van der Waals surface area contributed by atoms with Crippen LogP contribution in [0.1, 0.15) is 35.4 Å². The fraction of sp³-hybridized carbons (Fsp3) is 0.167. The third-order valence-electron chi connectivity index (χ3n) is 5.62. The Balaban J connectivity index is 1.80. The van der Waals surface area contributed by atoms with Crippen LogP contribution in [0.5, 0.6) is 0 Å². The van der Waals surface area contributed by atoms with Crippen LogP contribution in [0.15, 0.2) is 72.8 Å². The molecule has 0 saturated carbocycles. The molecule has 0 aromatic heterocycles. The molecule has 5 rings (SSSR count). The fourth-order valence-electron chi connectivity index (χ4n) is 4.46. The van der Waals surface area contributed by atoms with E-state index < -0.39 is 0 Å². The van der Waals surface area contributed by atoms with Crippen molar-refractivity contribution in [3.8, 4) is 0 Å². The normalized spacial score (nSPS) is 16.9. The Hall–Kier alpha value is -2.67. The molecular formula is C24H19F. The zero-order valence-corrected chi connectivity index (χ0v) is 14.0. The van der Waals surface area contributed by atoms with Gasteiger partial charge in [0.05, 0.1) is 0 Å². The third kappa shape index (κ3) is 2.34. The first-order valence-corrected chi connectivity index (χ1v) is 9.00. The van der Waals surface area contributed by atoms with Crippen LogP contribution >= 0.6 is 0 Å². The van der Waals surface area contributed by atoms with Gasteiger partial charge in [-0.25, -0.2) is 4.39 Å². The van der Waals surface area contributed by atoms with Crippen LogP contribution in [-0.4, -0.2) is 0 Å². The minimum Gasteiger partial charge on any atom is -0.207 e. The van der Waals surface area contributed by atoms with Gasteiger partial charge < -0.3 is 0 Å². The van der Waals surface area contributed by atoms with Gasteiger partial charge in [0.15, 0.2) is 0 Å². The van der Waals surface area contributed by atoms with Gasteiger partial charge in [0.1, 0.15) is 5.82 Å². The summed E-state index contributed by atoms with van der Waals surface area (Å²) in [6.07, 6.45) is 3.45. The lowest BCUT2D eigenvalue weighted by molar-refractivity contribution is 0.610. The molecule has 25 heavy (non-hydrogen) atoms. The summed E-state index contributed by atoms with van der Waals surface area (Å²) in [4.78, 5) is 0. The summed E-state index contributed by atoms with van der Waals surface area (Å²) >= 11 is 0. The summed E-state index contributed by atoms with van der Waals surface area (Å²) in [5, 5.41) is 5.27. The Morgan fingerprint density at radius 1 is 0.720 bits per heavy atom. The van der Waals surface area contributed by atoms with Crippen LogP contribution in [0.4, 0.5) is 4.39 Å². The first-order chi connectivity index (χ1) is 12.3. The third-order valence-corrected chi connectivity index (χ3v) is 5.62. The molecule has 0 fully saturated rings. The Kier molecular flexibility index (Phi) is 3.34. The maximum absolute atomic E-state index is 13.4. The number of hydrogen-bond donors (Lipinski definition) is 0. The molecule has 0 nitrogen and oxygen atoms in total. The lowest BCUT2D eigenvalue weighted by Gasteiger charge is -2.28. The van der Waals surface area contributed by atoms with Crippen LogP contribution in [0, 0.1) is 5.82 Å². The lowest BCUT2D eigenvalue weighted by Crippen LogP contribution is -2.11. The molecule has 1 aliphatic rings. The molecule has 1 atom stereocenters. The molecule has 0 N–H and O–H groups in total. The second kappa shape index (κ2) is 5.70. The molecule has 1 aliphatic carbocycles. The Morgan fingerprint density at radius 3 is 2.40 bits per heavy atom. The van der Waals surface area contributed by atoms with Crippen molar-refractivity contribution in [3.05, 3.63) is 95.3 Å². The SMILES string of the molecule is Fc1ccc(C2CCCc3ccc4c(ccc5ccccc54)c32)cc1. The molecule has 0 aliphatic heterocycles. The second-order valence-corrected chi connectivity index (χ2v) is 7.02. The number of aryl methyl sites for hydroxylation is 1. The molecule has 0 heterocycles. The van der Waals surface area contributed by atoms with Crippen molar-refractivity contribution in [2.24, 2.45) is 0 Å². The maximum atomic E-state index is 13.4. The zero-order chi connectivity index (χ0) is 16.8. The summed E-state index contributed by atoms with van der Waals surface area (Å²) in [5.41, 5.74) is 4.12. The van der Waals surface area contributed by atoms with E-state index in [1.807, 2.05) is 12.1 Å². The van der Waals surface area contributed by atoms with E-state index in [9.17, 15) is 4.39 Å². The Morgan fingerprint density at radius 2 is 1.52 bits per heavy atom. The molecule has 0 amide bonds. The van der Waals surface area contributed by atoms with Crippen molar-refractivity contribution in [1.82, 2.24) is 0 Å². The highest BCUT2D eigenvalue weighted by atomic mass is 19.1. The minimum atomic E-state index is -0.163. The Bertz CT molecular complexity index is 1080. The van der Waals surface area contributed by atoms with Gasteiger partial charge in [-0.3, -0.25) is 0 Å². The van der Waals surface area contributed by atoms with E-state index >= 15 is 0 Å². The summed E-state index contributed by atoms with van der Waals surface area (Å²) in [6, 6.07) is 24.8. The lowest BCUT2D eigenvalue weighted by atomic mass is 9.76. The molecule has 0 spiro atoms. The van der Waals surface area contributed by atoms with E-state index in [1.165, 1.54) is 44.7 Å². The summed E-state index contributed by atoms with van der Waals surface area (Å²) < 4.78 is 13.4. The van der Waals surface area contributed by atoms with E-state index in [2.05, 4.69) is 48.5 Å². The van der Waals surface area contributed by atoms with E-state index in [-0.39, 0.29) is 5.82 Å². The van der Waals surface area contributed by atoms with Crippen molar-refractivity contribution in [3.63, 3.8) is 0 Å². The molecule has 122 valence electrons. The second-order valence-electron chi connectivity index (χ2n) is 7.02. The van der Waals surface area contributed by atoms with Gasteiger partial charge in [0.25, 0.3) is 0 Å². The molecule has 1 heteroatoms. The van der Waals surface area contributed by atoms with Crippen molar-refractivity contribution < 1.29 is 4.39 Å². The quantitative estimate of drug-likeness (QED) is 0.346. The van der Waals surface area contributed by atoms with E-state index in [4.69, 9.17) is 0 Å². The molecule has 0 radical (unpaired) electrons. The van der Waals surface area contributed by atoms with E-state index in [0.717, 1.165) is 12.8 Å². The van der Waals surface area contributed by atoms with Crippen molar-refractivity contribution in [1.29, 1.82) is 0 Å². The first kappa shape index (κ1) is 14.7. The summed E-state index contributed by atoms with van der Waals surface area (Å²) in [7, 11) is 0. The minimum absolute atomic E-state index is 0.163. The predicted octanol–water partition coefficient (Wildman–Crippen LogP) is 6.60. The van der Waals surface area contributed by atoms with Gasteiger partial charge >= 0.3 is 0 Å². The van der Waals surface area contributed by atoms with Crippen LogP contribution in [0.2, 0.25) is 0 Å². The van der Waals surface area contributed by atoms with Gasteiger partial charge in [-0.05, 0) is 69.6 Å². The number of fused-ring (bicyclic) bond motifs is 5. The average molecular weight is 326 g/mol. The largest absolute Gasteiger partial charge is 0.207 e. The first-order valence-electron chi connectivity index (χ1n) is 9.00. The van der Waals surface area contributed by atoms with Gasteiger partial charge in [-0.15, -0.1) is 0 Å². The smallest absolute Gasteiger partial charge is 0.123 e. The molecular weight excluding hydrogens is 307 g/mol. The highest BCUT2D eigenvalue weighted by molar-refractivity contribution is 6.09. The average Bonchev–Trinajstić information content (AvgIpc) is 2.67. The molecule has 4 aromatic carbocycles. The molecule has 0 saturated heterocycles. The molecule has 1 unspecified atom stereocenters. The zero-order valence-electron chi connectivity index (χ0n) is 14.0. The molecule has 4 aromatic rings. The van der Waals surface area contributed by atoms with Gasteiger partial charge in [0.2, 0.25) is 0 Å². The number of benzene rings is 4. The number of rotatable bonds is 1. The van der Waals surface area contributed by atoms with Crippen LogP contribution in [-0.2, 0) is 6.42 Å².